The molecule has 33 heavy (non-hydrogen) atoms. The molecule has 1 aromatic heterocycles. The summed E-state index contributed by atoms with van der Waals surface area (Å²) < 4.78 is 2.20. The minimum Gasteiger partial charge on any atom is -0.339 e. The molecule has 5 aromatic rings. The van der Waals surface area contributed by atoms with Crippen molar-refractivity contribution in [3.8, 4) is 22.5 Å². The number of nitrogens with zero attached hydrogens (tertiary/aromatic N) is 1. The summed E-state index contributed by atoms with van der Waals surface area (Å²) in [5.41, 5.74) is 7.05. The zero-order chi connectivity index (χ0) is 22.1. The molecule has 2 aliphatic rings. The van der Waals surface area contributed by atoms with E-state index in [4.69, 9.17) is 0 Å². The lowest BCUT2D eigenvalue weighted by Crippen LogP contribution is -2.20. The van der Waals surface area contributed by atoms with E-state index in [2.05, 4.69) is 16.7 Å². The summed E-state index contributed by atoms with van der Waals surface area (Å²) in [6, 6.07) is 29.9. The van der Waals surface area contributed by atoms with Crippen LogP contribution in [0.2, 0.25) is 0 Å². The minimum absolute atomic E-state index is 0.0620. The Morgan fingerprint density at radius 2 is 1.15 bits per heavy atom. The number of rotatable bonds is 1. The number of fused-ring (bicyclic) bond motifs is 7. The molecule has 3 heteroatoms. The quantitative estimate of drug-likeness (QED) is 0.310. The van der Waals surface area contributed by atoms with E-state index >= 15 is 0 Å². The van der Waals surface area contributed by atoms with Gasteiger partial charge in [-0.3, -0.25) is 9.59 Å². The van der Waals surface area contributed by atoms with Crippen molar-refractivity contribution in [1.29, 1.82) is 0 Å². The average Bonchev–Trinajstić information content (AvgIpc) is 3.23. The number of hydrogen-bond donors (Lipinski definition) is 0. The fourth-order valence-electron chi connectivity index (χ4n) is 5.55. The monoisotopic (exact) mass is 425 g/mol. The SMILES string of the molecule is O=C1c2cc3ccccc3cc2C(=O)c2c1c(-c1ccccc1)n1c2-c2ccccc2CC1. The molecule has 0 spiro atoms. The van der Waals surface area contributed by atoms with E-state index in [1.165, 1.54) is 5.56 Å². The summed E-state index contributed by atoms with van der Waals surface area (Å²) in [6.45, 7) is 0.739. The van der Waals surface area contributed by atoms with Crippen LogP contribution in [0, 0.1) is 0 Å². The molecule has 1 aliphatic carbocycles. The first-order chi connectivity index (χ1) is 16.2. The maximum Gasteiger partial charge on any atom is 0.196 e. The van der Waals surface area contributed by atoms with Gasteiger partial charge >= 0.3 is 0 Å². The van der Waals surface area contributed by atoms with Gasteiger partial charge in [-0.15, -0.1) is 0 Å². The lowest BCUT2D eigenvalue weighted by Gasteiger charge is -2.22. The van der Waals surface area contributed by atoms with Gasteiger partial charge in [-0.2, -0.15) is 0 Å². The molecule has 0 N–H and O–H groups in total. The summed E-state index contributed by atoms with van der Waals surface area (Å²) in [5, 5.41) is 1.94. The van der Waals surface area contributed by atoms with Crippen LogP contribution in [-0.2, 0) is 13.0 Å². The van der Waals surface area contributed by atoms with Gasteiger partial charge in [0.2, 0.25) is 0 Å². The summed E-state index contributed by atoms with van der Waals surface area (Å²) in [4.78, 5) is 28.1. The van der Waals surface area contributed by atoms with Crippen molar-refractivity contribution in [3.63, 3.8) is 0 Å². The van der Waals surface area contributed by atoms with Crippen LogP contribution in [0.1, 0.15) is 37.4 Å². The smallest absolute Gasteiger partial charge is 0.196 e. The van der Waals surface area contributed by atoms with Crippen molar-refractivity contribution >= 4 is 22.3 Å². The van der Waals surface area contributed by atoms with E-state index in [-0.39, 0.29) is 11.6 Å². The largest absolute Gasteiger partial charge is 0.339 e. The molecule has 0 fully saturated rings. The minimum atomic E-state index is -0.0661. The summed E-state index contributed by atoms with van der Waals surface area (Å²) in [6.07, 6.45) is 0.871. The summed E-state index contributed by atoms with van der Waals surface area (Å²) in [5.74, 6) is -0.128. The zero-order valence-corrected chi connectivity index (χ0v) is 17.8. The van der Waals surface area contributed by atoms with E-state index in [9.17, 15) is 9.59 Å². The van der Waals surface area contributed by atoms with Crippen molar-refractivity contribution in [1.82, 2.24) is 4.57 Å². The Balaban J connectivity index is 1.61. The number of carbonyl (C=O) groups is 2. The molecule has 0 saturated carbocycles. The highest BCUT2D eigenvalue weighted by molar-refractivity contribution is 6.33. The third-order valence-electron chi connectivity index (χ3n) is 7.02. The fourth-order valence-corrected chi connectivity index (χ4v) is 5.55. The van der Waals surface area contributed by atoms with Crippen LogP contribution in [-0.4, -0.2) is 16.1 Å². The molecule has 0 radical (unpaired) electrons. The number of ketones is 2. The van der Waals surface area contributed by atoms with E-state index < -0.39 is 0 Å². The van der Waals surface area contributed by atoms with Gasteiger partial charge in [0, 0.05) is 23.2 Å². The van der Waals surface area contributed by atoms with Gasteiger partial charge < -0.3 is 4.57 Å². The Hall–Kier alpha value is -4.24. The average molecular weight is 425 g/mol. The standard InChI is InChI=1S/C30H19NO2/c32-29-23-16-20-11-4-5-12-21(20)17-24(23)30(33)26-25(29)27(19-9-2-1-3-10-19)31-15-14-18-8-6-7-13-22(18)28(26)31/h1-13,16-17H,14-15H2. The second-order valence-corrected chi connectivity index (χ2v) is 8.78. The van der Waals surface area contributed by atoms with Crippen LogP contribution in [0.4, 0.5) is 0 Å². The number of hydrogen-bond acceptors (Lipinski definition) is 2. The molecule has 0 saturated heterocycles. The van der Waals surface area contributed by atoms with Crippen LogP contribution < -0.4 is 0 Å². The Morgan fingerprint density at radius 3 is 1.85 bits per heavy atom. The summed E-state index contributed by atoms with van der Waals surface area (Å²) >= 11 is 0. The van der Waals surface area contributed by atoms with E-state index in [1.54, 1.807) is 0 Å². The first kappa shape index (κ1) is 18.3. The van der Waals surface area contributed by atoms with Crippen LogP contribution in [0.3, 0.4) is 0 Å². The van der Waals surface area contributed by atoms with Gasteiger partial charge in [0.25, 0.3) is 0 Å². The van der Waals surface area contributed by atoms with Gasteiger partial charge in [0.05, 0.1) is 22.5 Å². The van der Waals surface area contributed by atoms with Crippen molar-refractivity contribution < 1.29 is 9.59 Å². The molecule has 0 amide bonds. The van der Waals surface area contributed by atoms with Crippen molar-refractivity contribution in [2.75, 3.05) is 0 Å². The molecule has 3 nitrogen and oxygen atoms in total. The third-order valence-corrected chi connectivity index (χ3v) is 7.02. The predicted molar refractivity (Wildman–Crippen MR) is 130 cm³/mol. The van der Waals surface area contributed by atoms with Gasteiger partial charge in [0.15, 0.2) is 11.6 Å². The Morgan fingerprint density at radius 1 is 0.576 bits per heavy atom. The maximum atomic E-state index is 14.1. The fraction of sp³-hybridized carbons (Fsp3) is 0.0667. The second kappa shape index (κ2) is 6.63. The Labute approximate surface area is 190 Å². The lowest BCUT2D eigenvalue weighted by atomic mass is 9.81. The number of carbonyl (C=O) groups excluding carboxylic acids is 2. The van der Waals surface area contributed by atoms with Crippen molar-refractivity contribution in [2.45, 2.75) is 13.0 Å². The maximum absolute atomic E-state index is 14.1. The predicted octanol–water partition coefficient (Wildman–Crippen LogP) is 6.31. The lowest BCUT2D eigenvalue weighted by molar-refractivity contribution is 0.0981. The molecule has 1 aliphatic heterocycles. The van der Waals surface area contributed by atoms with E-state index in [0.717, 1.165) is 46.3 Å². The molecule has 4 aromatic carbocycles. The molecule has 0 bridgehead atoms. The number of aromatic nitrogens is 1. The van der Waals surface area contributed by atoms with Crippen molar-refractivity contribution in [2.24, 2.45) is 0 Å². The highest BCUT2D eigenvalue weighted by Crippen LogP contribution is 2.45. The first-order valence-corrected chi connectivity index (χ1v) is 11.2. The molecular weight excluding hydrogens is 406 g/mol. The van der Waals surface area contributed by atoms with E-state index in [0.29, 0.717) is 22.3 Å². The molecule has 156 valence electrons. The number of aryl methyl sites for hydroxylation is 1. The van der Waals surface area contributed by atoms with Gasteiger partial charge in [-0.25, -0.2) is 0 Å². The first-order valence-electron chi connectivity index (χ1n) is 11.2. The molecular formula is C30H19NO2. The normalized spacial score (nSPS) is 13.9. The van der Waals surface area contributed by atoms with Crippen LogP contribution in [0.15, 0.2) is 91.0 Å². The second-order valence-electron chi connectivity index (χ2n) is 8.78. The molecule has 7 rings (SSSR count). The topological polar surface area (TPSA) is 39.1 Å². The van der Waals surface area contributed by atoms with Crippen LogP contribution >= 0.6 is 0 Å². The zero-order valence-electron chi connectivity index (χ0n) is 17.8. The summed E-state index contributed by atoms with van der Waals surface area (Å²) in [7, 11) is 0. The van der Waals surface area contributed by atoms with Gasteiger partial charge in [-0.05, 0) is 40.5 Å². The van der Waals surface area contributed by atoms with Gasteiger partial charge in [-0.1, -0.05) is 78.9 Å². The number of benzene rings is 4. The van der Waals surface area contributed by atoms with Crippen molar-refractivity contribution in [3.05, 3.63) is 119 Å². The Kier molecular flexibility index (Phi) is 3.68. The highest BCUT2D eigenvalue weighted by atomic mass is 16.1. The highest BCUT2D eigenvalue weighted by Gasteiger charge is 2.40. The van der Waals surface area contributed by atoms with Crippen LogP contribution in [0.5, 0.6) is 0 Å². The Bertz CT molecular complexity index is 1570. The molecule has 0 unspecified atom stereocenters. The molecule has 0 atom stereocenters. The van der Waals surface area contributed by atoms with Gasteiger partial charge in [0.1, 0.15) is 0 Å². The van der Waals surface area contributed by atoms with E-state index in [1.807, 2.05) is 78.9 Å². The van der Waals surface area contributed by atoms with Crippen LogP contribution in [0.25, 0.3) is 33.3 Å². The third kappa shape index (κ3) is 2.45. The molecule has 2 heterocycles.